The van der Waals surface area contributed by atoms with Crippen molar-refractivity contribution in [2.75, 3.05) is 13.7 Å². The first-order valence-corrected chi connectivity index (χ1v) is 10.4. The van der Waals surface area contributed by atoms with E-state index in [0.717, 1.165) is 24.2 Å². The summed E-state index contributed by atoms with van der Waals surface area (Å²) < 4.78 is 10.3. The van der Waals surface area contributed by atoms with E-state index in [1.807, 2.05) is 24.3 Å². The van der Waals surface area contributed by atoms with Crippen molar-refractivity contribution in [1.82, 2.24) is 10.3 Å². The van der Waals surface area contributed by atoms with Gasteiger partial charge in [-0.3, -0.25) is 4.79 Å². The van der Waals surface area contributed by atoms with E-state index in [0.29, 0.717) is 16.8 Å². The fourth-order valence-corrected chi connectivity index (χ4v) is 4.27. The summed E-state index contributed by atoms with van der Waals surface area (Å²) in [5.74, 6) is 0.931. The van der Waals surface area contributed by atoms with Gasteiger partial charge in [-0.25, -0.2) is 9.78 Å². The summed E-state index contributed by atoms with van der Waals surface area (Å²) >= 11 is 1.35. The number of carbonyl (C=O) groups is 2. The van der Waals surface area contributed by atoms with Crippen LogP contribution >= 0.6 is 11.3 Å². The molecule has 3 atom stereocenters. The molecule has 1 amide bonds. The predicted molar refractivity (Wildman–Crippen MR) is 108 cm³/mol. The molecule has 1 heterocycles. The van der Waals surface area contributed by atoms with Crippen molar-refractivity contribution in [1.29, 1.82) is 0 Å². The van der Waals surface area contributed by atoms with Gasteiger partial charge in [0.05, 0.1) is 7.11 Å². The van der Waals surface area contributed by atoms with E-state index in [1.165, 1.54) is 17.8 Å². The first-order valence-electron chi connectivity index (χ1n) is 9.54. The van der Waals surface area contributed by atoms with E-state index in [2.05, 4.69) is 24.1 Å². The molecule has 28 heavy (non-hydrogen) atoms. The number of rotatable bonds is 6. The van der Waals surface area contributed by atoms with Crippen molar-refractivity contribution in [2.24, 2.45) is 11.8 Å². The Morgan fingerprint density at radius 3 is 2.68 bits per heavy atom. The first kappa shape index (κ1) is 20.3. The third-order valence-electron chi connectivity index (χ3n) is 5.44. The normalized spacial score (nSPS) is 21.8. The predicted octanol–water partition coefficient (Wildman–Crippen LogP) is 3.92. The number of hydrogen-bond donors (Lipinski definition) is 1. The third-order valence-corrected chi connectivity index (χ3v) is 6.33. The molecule has 1 N–H and O–H groups in total. The van der Waals surface area contributed by atoms with Crippen LogP contribution in [-0.2, 0) is 9.53 Å². The number of methoxy groups -OCH3 is 1. The highest BCUT2D eigenvalue weighted by Crippen LogP contribution is 2.29. The topological polar surface area (TPSA) is 77.5 Å². The molecule has 2 aromatic rings. The second-order valence-electron chi connectivity index (χ2n) is 7.28. The van der Waals surface area contributed by atoms with Crippen molar-refractivity contribution < 1.29 is 19.1 Å². The maximum absolute atomic E-state index is 12.2. The van der Waals surface area contributed by atoms with Gasteiger partial charge in [-0.05, 0) is 42.5 Å². The van der Waals surface area contributed by atoms with Crippen LogP contribution in [0.25, 0.3) is 10.6 Å². The Balaban J connectivity index is 1.52. The molecular weight excluding hydrogens is 376 g/mol. The summed E-state index contributed by atoms with van der Waals surface area (Å²) in [6.45, 7) is 4.09. The van der Waals surface area contributed by atoms with Crippen molar-refractivity contribution in [3.8, 4) is 16.3 Å². The van der Waals surface area contributed by atoms with Crippen LogP contribution < -0.4 is 10.1 Å². The molecule has 1 saturated carbocycles. The van der Waals surface area contributed by atoms with E-state index < -0.39 is 5.97 Å². The van der Waals surface area contributed by atoms with E-state index >= 15 is 0 Å². The summed E-state index contributed by atoms with van der Waals surface area (Å²) in [6.07, 6.45) is 3.29. The van der Waals surface area contributed by atoms with E-state index in [1.54, 1.807) is 12.5 Å². The molecule has 0 radical (unpaired) electrons. The Labute approximate surface area is 169 Å². The second-order valence-corrected chi connectivity index (χ2v) is 8.14. The number of thiazole rings is 1. The van der Waals surface area contributed by atoms with E-state index in [-0.39, 0.29) is 24.2 Å². The summed E-state index contributed by atoms with van der Waals surface area (Å²) in [7, 11) is 1.61. The number of nitrogens with zero attached hydrogens (tertiary/aromatic N) is 1. The highest BCUT2D eigenvalue weighted by atomic mass is 32.1. The minimum atomic E-state index is -0.587. The summed E-state index contributed by atoms with van der Waals surface area (Å²) in [4.78, 5) is 28.7. The number of carbonyl (C=O) groups excluding carboxylic acids is 2. The van der Waals surface area contributed by atoms with Crippen LogP contribution in [0.1, 0.15) is 43.6 Å². The molecule has 1 aliphatic rings. The lowest BCUT2D eigenvalue weighted by atomic mass is 9.78. The van der Waals surface area contributed by atoms with Gasteiger partial charge in [0, 0.05) is 17.0 Å². The van der Waals surface area contributed by atoms with Crippen LogP contribution in [0, 0.1) is 11.8 Å². The monoisotopic (exact) mass is 402 g/mol. The largest absolute Gasteiger partial charge is 0.497 e. The van der Waals surface area contributed by atoms with Crippen molar-refractivity contribution in [2.45, 2.75) is 39.2 Å². The fraction of sp³-hybridized carbons (Fsp3) is 0.476. The molecule has 1 aliphatic carbocycles. The maximum Gasteiger partial charge on any atom is 0.358 e. The molecule has 150 valence electrons. The van der Waals surface area contributed by atoms with Gasteiger partial charge in [-0.1, -0.05) is 26.7 Å². The minimum absolute atomic E-state index is 0.149. The standard InChI is InChI=1S/C21H26N2O4S/c1-13-5-4-6-17(14(13)2)22-19(24)11-27-21(25)18-12-28-20(23-18)15-7-9-16(26-3)10-8-15/h7-10,12-14,17H,4-6,11H2,1-3H3,(H,22,24)/t13-,14-,17-/m1/s1. The van der Waals surface area contributed by atoms with Crippen LogP contribution in [0.3, 0.4) is 0 Å². The molecule has 0 saturated heterocycles. The maximum atomic E-state index is 12.2. The molecule has 1 aromatic heterocycles. The molecule has 1 fully saturated rings. The summed E-state index contributed by atoms with van der Waals surface area (Å²) in [5, 5.41) is 5.36. The first-order chi connectivity index (χ1) is 13.5. The van der Waals surface area contributed by atoms with Gasteiger partial charge >= 0.3 is 5.97 Å². The zero-order valence-corrected chi connectivity index (χ0v) is 17.3. The van der Waals surface area contributed by atoms with Crippen LogP contribution in [0.5, 0.6) is 5.75 Å². The quantitative estimate of drug-likeness (QED) is 0.741. The van der Waals surface area contributed by atoms with Gasteiger partial charge < -0.3 is 14.8 Å². The second kappa shape index (κ2) is 9.19. The molecular formula is C21H26N2O4S. The number of benzene rings is 1. The van der Waals surface area contributed by atoms with Crippen molar-refractivity contribution >= 4 is 23.2 Å². The van der Waals surface area contributed by atoms with E-state index in [4.69, 9.17) is 9.47 Å². The number of ether oxygens (including phenoxy) is 2. The molecule has 0 spiro atoms. The number of hydrogen-bond acceptors (Lipinski definition) is 6. The van der Waals surface area contributed by atoms with Crippen LogP contribution in [0.15, 0.2) is 29.6 Å². The molecule has 7 heteroatoms. The highest BCUT2D eigenvalue weighted by Gasteiger charge is 2.28. The molecule has 3 rings (SSSR count). The highest BCUT2D eigenvalue weighted by molar-refractivity contribution is 7.13. The van der Waals surface area contributed by atoms with Crippen LogP contribution in [-0.4, -0.2) is 36.6 Å². The lowest BCUT2D eigenvalue weighted by Crippen LogP contribution is -2.45. The fourth-order valence-electron chi connectivity index (χ4n) is 3.47. The Morgan fingerprint density at radius 2 is 1.96 bits per heavy atom. The SMILES string of the molecule is COc1ccc(-c2nc(C(=O)OCC(=O)N[C@@H]3CCC[C@@H](C)[C@H]3C)cs2)cc1. The van der Waals surface area contributed by atoms with Crippen LogP contribution in [0.4, 0.5) is 0 Å². The smallest absolute Gasteiger partial charge is 0.358 e. The third kappa shape index (κ3) is 4.90. The average Bonchev–Trinajstić information content (AvgIpc) is 3.20. The average molecular weight is 403 g/mol. The lowest BCUT2D eigenvalue weighted by Gasteiger charge is -2.34. The molecule has 6 nitrogen and oxygen atoms in total. The Morgan fingerprint density at radius 1 is 1.21 bits per heavy atom. The minimum Gasteiger partial charge on any atom is -0.497 e. The number of aromatic nitrogens is 1. The molecule has 0 unspecified atom stereocenters. The van der Waals surface area contributed by atoms with Crippen molar-refractivity contribution in [3.63, 3.8) is 0 Å². The van der Waals surface area contributed by atoms with Gasteiger partial charge in [0.2, 0.25) is 0 Å². The van der Waals surface area contributed by atoms with Gasteiger partial charge in [0.25, 0.3) is 5.91 Å². The number of amides is 1. The Bertz CT molecular complexity index is 818. The zero-order valence-electron chi connectivity index (χ0n) is 16.4. The van der Waals surface area contributed by atoms with Crippen LogP contribution in [0.2, 0.25) is 0 Å². The molecule has 0 aliphatic heterocycles. The Kier molecular flexibility index (Phi) is 6.67. The van der Waals surface area contributed by atoms with Gasteiger partial charge in [-0.15, -0.1) is 11.3 Å². The van der Waals surface area contributed by atoms with Crippen molar-refractivity contribution in [3.05, 3.63) is 35.3 Å². The molecule has 1 aromatic carbocycles. The van der Waals surface area contributed by atoms with Gasteiger partial charge in [-0.2, -0.15) is 0 Å². The van der Waals surface area contributed by atoms with E-state index in [9.17, 15) is 9.59 Å². The summed E-state index contributed by atoms with van der Waals surface area (Å²) in [6, 6.07) is 7.59. The lowest BCUT2D eigenvalue weighted by molar-refractivity contribution is -0.125. The van der Waals surface area contributed by atoms with Gasteiger partial charge in [0.1, 0.15) is 10.8 Å². The van der Waals surface area contributed by atoms with Gasteiger partial charge in [0.15, 0.2) is 12.3 Å². The Hall–Kier alpha value is -2.41. The zero-order chi connectivity index (χ0) is 20.1. The number of esters is 1. The molecule has 0 bridgehead atoms. The number of nitrogens with one attached hydrogen (secondary N) is 1. The summed E-state index contributed by atoms with van der Waals surface area (Å²) in [5.41, 5.74) is 1.10.